The number of carbonyl (C=O) groups is 1. The summed E-state index contributed by atoms with van der Waals surface area (Å²) >= 11 is 0. The number of carbonyl (C=O) groups excluding carboxylic acids is 1. The zero-order chi connectivity index (χ0) is 17.8. The first-order valence-corrected chi connectivity index (χ1v) is 8.96. The molecule has 3 N–H and O–H groups in total. The predicted molar refractivity (Wildman–Crippen MR) is 99.5 cm³/mol. The van der Waals surface area contributed by atoms with Gasteiger partial charge < -0.3 is 25.3 Å². The minimum absolute atomic E-state index is 0. The van der Waals surface area contributed by atoms with Gasteiger partial charge in [0.1, 0.15) is 5.54 Å². The molecule has 0 spiro atoms. The van der Waals surface area contributed by atoms with Gasteiger partial charge in [-0.1, -0.05) is 19.9 Å². The third-order valence-corrected chi connectivity index (χ3v) is 6.30. The lowest BCUT2D eigenvalue weighted by Crippen LogP contribution is -2.82. The molecule has 0 radical (unpaired) electrons. The van der Waals surface area contributed by atoms with Gasteiger partial charge in [0.2, 0.25) is 12.7 Å². The van der Waals surface area contributed by atoms with Crippen LogP contribution >= 0.6 is 12.4 Å². The van der Waals surface area contributed by atoms with Crippen LogP contribution in [0.5, 0.6) is 11.5 Å². The van der Waals surface area contributed by atoms with Crippen LogP contribution in [0.25, 0.3) is 0 Å². The first kappa shape index (κ1) is 19.3. The van der Waals surface area contributed by atoms with Crippen molar-refractivity contribution in [1.29, 1.82) is 0 Å². The summed E-state index contributed by atoms with van der Waals surface area (Å²) in [7, 11) is 0. The van der Waals surface area contributed by atoms with Crippen LogP contribution in [0.2, 0.25) is 0 Å². The van der Waals surface area contributed by atoms with Crippen molar-refractivity contribution in [1.82, 2.24) is 5.32 Å². The fourth-order valence-electron chi connectivity index (χ4n) is 4.62. The number of halogens is 1. The summed E-state index contributed by atoms with van der Waals surface area (Å²) in [6.07, 6.45) is 1.97. The van der Waals surface area contributed by atoms with Gasteiger partial charge in [-0.05, 0) is 37.5 Å². The smallest absolute Gasteiger partial charge is 0.241 e. The predicted octanol–water partition coefficient (Wildman–Crippen LogP) is 2.55. The van der Waals surface area contributed by atoms with Gasteiger partial charge in [0.05, 0.1) is 12.1 Å². The van der Waals surface area contributed by atoms with Crippen molar-refractivity contribution in [3.63, 3.8) is 0 Å². The number of hydrogen-bond donors (Lipinski definition) is 2. The van der Waals surface area contributed by atoms with Gasteiger partial charge in [-0.2, -0.15) is 0 Å². The van der Waals surface area contributed by atoms with E-state index in [9.17, 15) is 4.79 Å². The second-order valence-corrected chi connectivity index (χ2v) is 7.94. The van der Waals surface area contributed by atoms with E-state index in [-0.39, 0.29) is 48.6 Å². The van der Waals surface area contributed by atoms with Gasteiger partial charge in [0.15, 0.2) is 11.5 Å². The highest BCUT2D eigenvalue weighted by atomic mass is 35.5. The van der Waals surface area contributed by atoms with E-state index >= 15 is 0 Å². The number of fused-ring (bicyclic) bond motifs is 2. The summed E-state index contributed by atoms with van der Waals surface area (Å²) in [5, 5.41) is 3.10. The fraction of sp³-hybridized carbons (Fsp3) is 0.632. The Morgan fingerprint density at radius 2 is 2.04 bits per heavy atom. The Hall–Kier alpha value is -1.50. The number of ether oxygens (including phenoxy) is 3. The molecule has 4 rings (SSSR count). The molecule has 26 heavy (non-hydrogen) atoms. The van der Waals surface area contributed by atoms with Crippen LogP contribution in [0.4, 0.5) is 0 Å². The van der Waals surface area contributed by atoms with Crippen LogP contribution in [0.3, 0.4) is 0 Å². The van der Waals surface area contributed by atoms with Gasteiger partial charge in [0, 0.05) is 17.9 Å². The van der Waals surface area contributed by atoms with Crippen LogP contribution in [-0.2, 0) is 9.53 Å². The van der Waals surface area contributed by atoms with Gasteiger partial charge in [-0.3, -0.25) is 4.79 Å². The van der Waals surface area contributed by atoms with Crippen molar-refractivity contribution >= 4 is 18.3 Å². The van der Waals surface area contributed by atoms with Gasteiger partial charge in [-0.15, -0.1) is 12.4 Å². The van der Waals surface area contributed by atoms with Crippen molar-refractivity contribution in [2.24, 2.45) is 17.1 Å². The van der Waals surface area contributed by atoms with Crippen molar-refractivity contribution in [2.75, 3.05) is 13.4 Å². The second kappa shape index (κ2) is 6.59. The molecule has 2 heterocycles. The largest absolute Gasteiger partial charge is 0.454 e. The van der Waals surface area contributed by atoms with E-state index in [1.807, 2.05) is 39.0 Å². The molecule has 1 amide bonds. The maximum Gasteiger partial charge on any atom is 0.241 e. The number of amides is 1. The normalized spacial score (nSPS) is 31.8. The van der Waals surface area contributed by atoms with Gasteiger partial charge in [0.25, 0.3) is 0 Å². The molecule has 1 saturated carbocycles. The molecule has 1 saturated heterocycles. The minimum Gasteiger partial charge on any atom is -0.454 e. The zero-order valence-electron chi connectivity index (χ0n) is 15.4. The SMILES string of the molecule is CC(NC(=O)C1(N)C2CCCOC2C1(C)C)c1ccc2c(c1)OCO2.Cl. The Labute approximate surface area is 160 Å². The summed E-state index contributed by atoms with van der Waals surface area (Å²) < 4.78 is 16.6. The van der Waals surface area contributed by atoms with Gasteiger partial charge >= 0.3 is 0 Å². The highest BCUT2D eigenvalue weighted by Gasteiger charge is 2.70. The topological polar surface area (TPSA) is 82.8 Å². The third kappa shape index (κ3) is 2.58. The highest BCUT2D eigenvalue weighted by Crippen LogP contribution is 2.57. The molecule has 0 aromatic heterocycles. The Bertz CT molecular complexity index is 711. The Morgan fingerprint density at radius 3 is 2.81 bits per heavy atom. The quantitative estimate of drug-likeness (QED) is 0.839. The Morgan fingerprint density at radius 1 is 1.31 bits per heavy atom. The van der Waals surface area contributed by atoms with E-state index in [0.717, 1.165) is 30.8 Å². The molecule has 2 aliphatic heterocycles. The average molecular weight is 383 g/mol. The fourth-order valence-corrected chi connectivity index (χ4v) is 4.62. The maximum absolute atomic E-state index is 13.1. The van der Waals surface area contributed by atoms with Crippen molar-refractivity contribution in [3.8, 4) is 11.5 Å². The van der Waals surface area contributed by atoms with Crippen molar-refractivity contribution in [2.45, 2.75) is 51.3 Å². The van der Waals surface area contributed by atoms with E-state index < -0.39 is 5.54 Å². The summed E-state index contributed by atoms with van der Waals surface area (Å²) in [5.74, 6) is 1.43. The second-order valence-electron chi connectivity index (χ2n) is 7.94. The van der Waals surface area contributed by atoms with Crippen molar-refractivity contribution in [3.05, 3.63) is 23.8 Å². The monoisotopic (exact) mass is 382 g/mol. The van der Waals surface area contributed by atoms with E-state index in [0.29, 0.717) is 5.75 Å². The molecule has 144 valence electrons. The summed E-state index contributed by atoms with van der Waals surface area (Å²) in [4.78, 5) is 13.1. The van der Waals surface area contributed by atoms with Crippen LogP contribution in [0.1, 0.15) is 45.2 Å². The van der Waals surface area contributed by atoms with Crippen LogP contribution in [0.15, 0.2) is 18.2 Å². The molecule has 4 unspecified atom stereocenters. The molecule has 1 aliphatic carbocycles. The van der Waals surface area contributed by atoms with Crippen molar-refractivity contribution < 1.29 is 19.0 Å². The zero-order valence-corrected chi connectivity index (χ0v) is 16.2. The minimum atomic E-state index is -0.900. The van der Waals surface area contributed by atoms with E-state index in [4.69, 9.17) is 19.9 Å². The standard InChI is InChI=1S/C19H26N2O4.ClH/c1-11(12-6-7-14-15(9-12)25-10-24-14)21-17(22)19(20)13-5-4-8-23-16(13)18(19,2)3;/h6-7,9,11,13,16H,4-5,8,10,20H2,1-3H3,(H,21,22);1H. The molecule has 1 aromatic carbocycles. The molecule has 6 nitrogen and oxygen atoms in total. The lowest BCUT2D eigenvalue weighted by Gasteiger charge is -2.65. The molecule has 1 aromatic rings. The number of hydrogen-bond acceptors (Lipinski definition) is 5. The first-order chi connectivity index (χ1) is 11.9. The molecule has 4 atom stereocenters. The number of benzene rings is 1. The van der Waals surface area contributed by atoms with Crippen LogP contribution in [-0.4, -0.2) is 30.9 Å². The molecule has 2 fully saturated rings. The lowest BCUT2D eigenvalue weighted by molar-refractivity contribution is -0.225. The molecular formula is C19H27ClN2O4. The molecule has 0 bridgehead atoms. The number of nitrogens with one attached hydrogen (secondary N) is 1. The molecule has 3 aliphatic rings. The van der Waals surface area contributed by atoms with E-state index in [2.05, 4.69) is 5.32 Å². The van der Waals surface area contributed by atoms with E-state index in [1.54, 1.807) is 0 Å². The van der Waals surface area contributed by atoms with Gasteiger partial charge in [-0.25, -0.2) is 0 Å². The molecule has 7 heteroatoms. The Balaban J connectivity index is 0.00000196. The van der Waals surface area contributed by atoms with E-state index in [1.165, 1.54) is 0 Å². The van der Waals surface area contributed by atoms with Crippen LogP contribution in [0, 0.1) is 11.3 Å². The number of nitrogens with two attached hydrogens (primary N) is 1. The highest BCUT2D eigenvalue weighted by molar-refractivity contribution is 5.89. The summed E-state index contributed by atoms with van der Waals surface area (Å²) in [6.45, 7) is 7.02. The third-order valence-electron chi connectivity index (χ3n) is 6.30. The molecular weight excluding hydrogens is 356 g/mol. The Kier molecular flexibility index (Phi) is 4.88. The summed E-state index contributed by atoms with van der Waals surface area (Å²) in [6, 6.07) is 5.56. The first-order valence-electron chi connectivity index (χ1n) is 8.96. The number of rotatable bonds is 3. The maximum atomic E-state index is 13.1. The average Bonchev–Trinajstić information content (AvgIpc) is 3.08. The lowest BCUT2D eigenvalue weighted by atomic mass is 9.46. The summed E-state index contributed by atoms with van der Waals surface area (Å²) in [5.41, 5.74) is 6.35. The van der Waals surface area contributed by atoms with Crippen LogP contribution < -0.4 is 20.5 Å².